The summed E-state index contributed by atoms with van der Waals surface area (Å²) < 4.78 is 4.83. The molecule has 0 aliphatic carbocycles. The molecule has 1 aromatic carbocycles. The molecule has 0 amide bonds. The van der Waals surface area contributed by atoms with Gasteiger partial charge in [-0.05, 0) is 24.8 Å². The Balaban J connectivity index is 3.20. The summed E-state index contributed by atoms with van der Waals surface area (Å²) in [5.41, 5.74) is 7.93. The molecule has 19 heavy (non-hydrogen) atoms. The van der Waals surface area contributed by atoms with E-state index >= 15 is 0 Å². The standard InChI is InChI=1S/C14H22N2O2S/c1-5-10(9-19-4)16(2)13-11(14(17)18-3)7-6-8-12(13)15/h6-8,10H,5,9,15H2,1-4H3. The third-order valence-electron chi connectivity index (χ3n) is 3.20. The van der Waals surface area contributed by atoms with Crippen LogP contribution in [-0.2, 0) is 4.74 Å². The predicted octanol–water partition coefficient (Wildman–Crippen LogP) is 2.63. The minimum atomic E-state index is -0.354. The first-order valence-corrected chi connectivity index (χ1v) is 7.64. The second kappa shape index (κ2) is 7.28. The number of carbonyl (C=O) groups excluding carboxylic acids is 1. The van der Waals surface area contributed by atoms with E-state index in [-0.39, 0.29) is 5.97 Å². The summed E-state index contributed by atoms with van der Waals surface area (Å²) in [5, 5.41) is 0. The summed E-state index contributed by atoms with van der Waals surface area (Å²) in [6, 6.07) is 5.67. The van der Waals surface area contributed by atoms with Crippen LogP contribution in [0.5, 0.6) is 0 Å². The summed E-state index contributed by atoms with van der Waals surface area (Å²) in [4.78, 5) is 13.9. The Morgan fingerprint density at radius 3 is 2.74 bits per heavy atom. The average Bonchev–Trinajstić information content (AvgIpc) is 2.42. The normalized spacial score (nSPS) is 12.0. The lowest BCUT2D eigenvalue weighted by atomic mass is 10.1. The predicted molar refractivity (Wildman–Crippen MR) is 83.1 cm³/mol. The first-order valence-electron chi connectivity index (χ1n) is 6.25. The van der Waals surface area contributed by atoms with Gasteiger partial charge in [-0.15, -0.1) is 0 Å². The van der Waals surface area contributed by atoms with Crippen LogP contribution in [0.1, 0.15) is 23.7 Å². The Kier molecular flexibility index (Phi) is 6.02. The van der Waals surface area contributed by atoms with Gasteiger partial charge in [0.2, 0.25) is 0 Å². The molecule has 1 rings (SSSR count). The van der Waals surface area contributed by atoms with Gasteiger partial charge in [0.25, 0.3) is 0 Å². The zero-order valence-corrected chi connectivity index (χ0v) is 12.8. The van der Waals surface area contributed by atoms with Crippen molar-refractivity contribution in [2.75, 3.05) is 36.8 Å². The number of nitrogens with two attached hydrogens (primary N) is 1. The Labute approximate surface area is 119 Å². The minimum Gasteiger partial charge on any atom is -0.465 e. The van der Waals surface area contributed by atoms with E-state index in [1.54, 1.807) is 23.9 Å². The number of benzene rings is 1. The number of nitrogens with zero attached hydrogens (tertiary/aromatic N) is 1. The van der Waals surface area contributed by atoms with E-state index in [0.29, 0.717) is 17.3 Å². The highest BCUT2D eigenvalue weighted by Gasteiger charge is 2.21. The van der Waals surface area contributed by atoms with E-state index in [9.17, 15) is 4.79 Å². The highest BCUT2D eigenvalue weighted by Crippen LogP contribution is 2.30. The van der Waals surface area contributed by atoms with Crippen LogP contribution in [0.4, 0.5) is 11.4 Å². The van der Waals surface area contributed by atoms with Crippen molar-refractivity contribution >= 4 is 29.1 Å². The highest BCUT2D eigenvalue weighted by molar-refractivity contribution is 7.98. The molecule has 0 fully saturated rings. The Morgan fingerprint density at radius 2 is 2.21 bits per heavy atom. The van der Waals surface area contributed by atoms with Gasteiger partial charge in [0.05, 0.1) is 24.0 Å². The van der Waals surface area contributed by atoms with Crippen LogP contribution < -0.4 is 10.6 Å². The van der Waals surface area contributed by atoms with Crippen molar-refractivity contribution in [1.29, 1.82) is 0 Å². The molecule has 0 saturated heterocycles. The van der Waals surface area contributed by atoms with Crippen LogP contribution in [0, 0.1) is 0 Å². The maximum atomic E-state index is 11.9. The summed E-state index contributed by atoms with van der Waals surface area (Å²) in [5.74, 6) is 0.634. The number of rotatable bonds is 6. The lowest BCUT2D eigenvalue weighted by Gasteiger charge is -2.31. The quantitative estimate of drug-likeness (QED) is 0.642. The average molecular weight is 282 g/mol. The molecule has 0 aliphatic rings. The number of para-hydroxylation sites is 1. The van der Waals surface area contributed by atoms with Gasteiger partial charge in [0, 0.05) is 18.8 Å². The number of ether oxygens (including phenoxy) is 1. The first-order chi connectivity index (χ1) is 9.06. The van der Waals surface area contributed by atoms with Gasteiger partial charge in [0.1, 0.15) is 0 Å². The van der Waals surface area contributed by atoms with Crippen molar-refractivity contribution < 1.29 is 9.53 Å². The Bertz CT molecular complexity index is 437. The smallest absolute Gasteiger partial charge is 0.340 e. The maximum Gasteiger partial charge on any atom is 0.340 e. The molecular weight excluding hydrogens is 260 g/mol. The van der Waals surface area contributed by atoms with E-state index in [2.05, 4.69) is 18.1 Å². The SMILES string of the molecule is CCC(CSC)N(C)c1c(N)cccc1C(=O)OC. The van der Waals surface area contributed by atoms with E-state index in [1.807, 2.05) is 13.1 Å². The largest absolute Gasteiger partial charge is 0.465 e. The molecule has 4 nitrogen and oxygen atoms in total. The molecule has 0 spiro atoms. The van der Waals surface area contributed by atoms with E-state index in [4.69, 9.17) is 10.5 Å². The zero-order valence-electron chi connectivity index (χ0n) is 12.0. The fourth-order valence-corrected chi connectivity index (χ4v) is 2.95. The fourth-order valence-electron chi connectivity index (χ4n) is 2.11. The molecule has 0 heterocycles. The summed E-state index contributed by atoms with van der Waals surface area (Å²) in [7, 11) is 3.36. The van der Waals surface area contributed by atoms with Crippen molar-refractivity contribution in [3.63, 3.8) is 0 Å². The molecule has 5 heteroatoms. The van der Waals surface area contributed by atoms with Crippen LogP contribution >= 0.6 is 11.8 Å². The Hall–Kier alpha value is -1.36. The number of nitrogen functional groups attached to an aromatic ring is 1. The molecule has 1 unspecified atom stereocenters. The van der Waals surface area contributed by atoms with Gasteiger partial charge in [-0.25, -0.2) is 4.79 Å². The second-order valence-corrected chi connectivity index (χ2v) is 5.27. The van der Waals surface area contributed by atoms with Crippen molar-refractivity contribution in [2.24, 2.45) is 0 Å². The fraction of sp³-hybridized carbons (Fsp3) is 0.500. The van der Waals surface area contributed by atoms with Crippen molar-refractivity contribution in [1.82, 2.24) is 0 Å². The number of hydrogen-bond acceptors (Lipinski definition) is 5. The maximum absolute atomic E-state index is 11.9. The minimum absolute atomic E-state index is 0.336. The van der Waals surface area contributed by atoms with Gasteiger partial charge >= 0.3 is 5.97 Å². The Morgan fingerprint density at radius 1 is 1.53 bits per heavy atom. The third-order valence-corrected chi connectivity index (χ3v) is 3.92. The number of methoxy groups -OCH3 is 1. The van der Waals surface area contributed by atoms with Gasteiger partial charge in [0.15, 0.2) is 0 Å². The number of thioether (sulfide) groups is 1. The van der Waals surface area contributed by atoms with E-state index in [0.717, 1.165) is 17.9 Å². The lowest BCUT2D eigenvalue weighted by Crippen LogP contribution is -2.35. The monoisotopic (exact) mass is 282 g/mol. The molecule has 0 radical (unpaired) electrons. The van der Waals surface area contributed by atoms with Gasteiger partial charge in [-0.1, -0.05) is 13.0 Å². The molecular formula is C14H22N2O2S. The van der Waals surface area contributed by atoms with Gasteiger partial charge in [-0.2, -0.15) is 11.8 Å². The molecule has 0 bridgehead atoms. The van der Waals surface area contributed by atoms with Crippen molar-refractivity contribution in [3.05, 3.63) is 23.8 Å². The van der Waals surface area contributed by atoms with Crippen molar-refractivity contribution in [3.8, 4) is 0 Å². The summed E-state index contributed by atoms with van der Waals surface area (Å²) in [6.07, 6.45) is 3.07. The molecule has 1 aromatic rings. The van der Waals surface area contributed by atoms with Gasteiger partial charge < -0.3 is 15.4 Å². The topological polar surface area (TPSA) is 55.6 Å². The van der Waals surface area contributed by atoms with Gasteiger partial charge in [-0.3, -0.25) is 0 Å². The van der Waals surface area contributed by atoms with E-state index in [1.165, 1.54) is 7.11 Å². The number of carbonyl (C=O) groups is 1. The first kappa shape index (κ1) is 15.7. The number of hydrogen-bond donors (Lipinski definition) is 1. The van der Waals surface area contributed by atoms with Crippen molar-refractivity contribution in [2.45, 2.75) is 19.4 Å². The number of esters is 1. The number of anilines is 2. The summed E-state index contributed by atoms with van der Waals surface area (Å²) in [6.45, 7) is 2.13. The van der Waals surface area contributed by atoms with Crippen LogP contribution in [0.15, 0.2) is 18.2 Å². The van der Waals surface area contributed by atoms with Crippen LogP contribution in [-0.4, -0.2) is 38.2 Å². The lowest BCUT2D eigenvalue weighted by molar-refractivity contribution is 0.0601. The second-order valence-electron chi connectivity index (χ2n) is 4.36. The molecule has 0 aliphatic heterocycles. The van der Waals surface area contributed by atoms with Crippen LogP contribution in [0.3, 0.4) is 0 Å². The molecule has 106 valence electrons. The highest BCUT2D eigenvalue weighted by atomic mass is 32.2. The third kappa shape index (κ3) is 3.56. The zero-order chi connectivity index (χ0) is 14.4. The van der Waals surface area contributed by atoms with Crippen LogP contribution in [0.2, 0.25) is 0 Å². The molecule has 0 saturated carbocycles. The molecule has 2 N–H and O–H groups in total. The van der Waals surface area contributed by atoms with Crippen LogP contribution in [0.25, 0.3) is 0 Å². The van der Waals surface area contributed by atoms with E-state index < -0.39 is 0 Å². The molecule has 0 aromatic heterocycles. The summed E-state index contributed by atoms with van der Waals surface area (Å²) >= 11 is 1.78. The molecule has 1 atom stereocenters.